The molecule has 96 valence electrons. The molecule has 0 radical (unpaired) electrons. The third kappa shape index (κ3) is 3.00. The summed E-state index contributed by atoms with van der Waals surface area (Å²) >= 11 is 0. The summed E-state index contributed by atoms with van der Waals surface area (Å²) in [6, 6.07) is 0.623. The highest BCUT2D eigenvalue weighted by atomic mass is 16.5. The van der Waals surface area contributed by atoms with Crippen LogP contribution in [0.3, 0.4) is 0 Å². The Hall–Kier alpha value is -1.03. The van der Waals surface area contributed by atoms with Gasteiger partial charge in [0, 0.05) is 25.5 Å². The molecule has 1 aliphatic carbocycles. The van der Waals surface area contributed by atoms with E-state index in [9.17, 15) is 0 Å². The molecule has 1 fully saturated rings. The van der Waals surface area contributed by atoms with E-state index < -0.39 is 0 Å². The van der Waals surface area contributed by atoms with Crippen LogP contribution in [0.4, 0.5) is 5.95 Å². The summed E-state index contributed by atoms with van der Waals surface area (Å²) < 4.78 is 7.50. The maximum absolute atomic E-state index is 5.22. The summed E-state index contributed by atoms with van der Waals surface area (Å²) in [5.74, 6) is 0.971. The molecule has 17 heavy (non-hydrogen) atoms. The van der Waals surface area contributed by atoms with Gasteiger partial charge in [-0.25, -0.2) is 4.98 Å². The molecule has 2 rings (SSSR count). The van der Waals surface area contributed by atoms with Crippen molar-refractivity contribution in [1.82, 2.24) is 9.55 Å². The third-order valence-corrected chi connectivity index (χ3v) is 3.34. The van der Waals surface area contributed by atoms with E-state index >= 15 is 0 Å². The smallest absolute Gasteiger partial charge is 0.203 e. The van der Waals surface area contributed by atoms with Crippen molar-refractivity contribution in [2.45, 2.75) is 51.1 Å². The Morgan fingerprint density at radius 3 is 2.82 bits per heavy atom. The number of nitrogens with one attached hydrogen (secondary N) is 1. The van der Waals surface area contributed by atoms with Gasteiger partial charge in [0.15, 0.2) is 0 Å². The standard InChI is InChI=1S/C13H23N3O/c1-13(2,10-17-3)15-12-14-8-9-16(12)11-6-4-5-7-11/h8-9,11H,4-7,10H2,1-3H3,(H,14,15). The molecule has 4 nitrogen and oxygen atoms in total. The van der Waals surface area contributed by atoms with Gasteiger partial charge in [-0.3, -0.25) is 0 Å². The summed E-state index contributed by atoms with van der Waals surface area (Å²) in [5.41, 5.74) is -0.0868. The van der Waals surface area contributed by atoms with Crippen LogP contribution >= 0.6 is 0 Å². The average Bonchev–Trinajstić information content (AvgIpc) is 2.85. The highest BCUT2D eigenvalue weighted by Gasteiger charge is 2.23. The molecule has 4 heteroatoms. The number of aromatic nitrogens is 2. The van der Waals surface area contributed by atoms with Gasteiger partial charge in [-0.2, -0.15) is 0 Å². The van der Waals surface area contributed by atoms with Crippen molar-refractivity contribution in [3.05, 3.63) is 12.4 Å². The predicted molar refractivity (Wildman–Crippen MR) is 69.3 cm³/mol. The Labute approximate surface area is 103 Å². The van der Waals surface area contributed by atoms with Crippen LogP contribution < -0.4 is 5.32 Å². The Morgan fingerprint density at radius 1 is 1.47 bits per heavy atom. The van der Waals surface area contributed by atoms with Crippen molar-refractivity contribution >= 4 is 5.95 Å². The molecule has 0 unspecified atom stereocenters. The van der Waals surface area contributed by atoms with Gasteiger partial charge in [0.05, 0.1) is 12.1 Å². The second-order valence-electron chi connectivity index (χ2n) is 5.54. The number of methoxy groups -OCH3 is 1. The number of imidazole rings is 1. The van der Waals surface area contributed by atoms with Crippen molar-refractivity contribution in [3.63, 3.8) is 0 Å². The van der Waals surface area contributed by atoms with Gasteiger partial charge in [0.2, 0.25) is 5.95 Å². The van der Waals surface area contributed by atoms with Gasteiger partial charge in [-0.05, 0) is 26.7 Å². The van der Waals surface area contributed by atoms with Crippen LogP contribution in [0, 0.1) is 0 Å². The van der Waals surface area contributed by atoms with Crippen LogP contribution in [0.15, 0.2) is 12.4 Å². The fraction of sp³-hybridized carbons (Fsp3) is 0.769. The Morgan fingerprint density at radius 2 is 2.18 bits per heavy atom. The molecule has 1 heterocycles. The minimum absolute atomic E-state index is 0.0868. The first-order valence-corrected chi connectivity index (χ1v) is 6.42. The lowest BCUT2D eigenvalue weighted by molar-refractivity contribution is 0.157. The van der Waals surface area contributed by atoms with Crippen molar-refractivity contribution in [1.29, 1.82) is 0 Å². The van der Waals surface area contributed by atoms with E-state index in [1.54, 1.807) is 7.11 Å². The van der Waals surface area contributed by atoms with Gasteiger partial charge in [0.1, 0.15) is 0 Å². The highest BCUT2D eigenvalue weighted by Crippen LogP contribution is 2.32. The van der Waals surface area contributed by atoms with E-state index in [0.717, 1.165) is 5.95 Å². The number of anilines is 1. The van der Waals surface area contributed by atoms with Crippen molar-refractivity contribution in [3.8, 4) is 0 Å². The van der Waals surface area contributed by atoms with E-state index in [0.29, 0.717) is 12.6 Å². The lowest BCUT2D eigenvalue weighted by Crippen LogP contribution is -2.37. The molecule has 1 aliphatic rings. The summed E-state index contributed by atoms with van der Waals surface area (Å²) in [7, 11) is 1.73. The second-order valence-corrected chi connectivity index (χ2v) is 5.54. The topological polar surface area (TPSA) is 39.1 Å². The fourth-order valence-corrected chi connectivity index (χ4v) is 2.59. The number of hydrogen-bond donors (Lipinski definition) is 1. The predicted octanol–water partition coefficient (Wildman–Crippen LogP) is 2.84. The molecule has 1 aromatic heterocycles. The van der Waals surface area contributed by atoms with Crippen molar-refractivity contribution in [2.75, 3.05) is 19.0 Å². The number of nitrogens with zero attached hydrogens (tertiary/aromatic N) is 2. The number of hydrogen-bond acceptors (Lipinski definition) is 3. The van der Waals surface area contributed by atoms with E-state index in [4.69, 9.17) is 4.74 Å². The Kier molecular flexibility index (Phi) is 3.72. The van der Waals surface area contributed by atoms with Gasteiger partial charge < -0.3 is 14.6 Å². The van der Waals surface area contributed by atoms with Crippen molar-refractivity contribution in [2.24, 2.45) is 0 Å². The van der Waals surface area contributed by atoms with Gasteiger partial charge in [-0.1, -0.05) is 12.8 Å². The van der Waals surface area contributed by atoms with Crippen LogP contribution in [0.1, 0.15) is 45.6 Å². The maximum atomic E-state index is 5.22. The molecule has 1 aromatic rings. The molecular weight excluding hydrogens is 214 g/mol. The lowest BCUT2D eigenvalue weighted by Gasteiger charge is -2.27. The van der Waals surface area contributed by atoms with Gasteiger partial charge in [-0.15, -0.1) is 0 Å². The first-order valence-electron chi connectivity index (χ1n) is 6.42. The molecule has 0 saturated heterocycles. The summed E-state index contributed by atoms with van der Waals surface area (Å²) in [6.45, 7) is 4.93. The zero-order valence-electron chi connectivity index (χ0n) is 11.1. The zero-order chi connectivity index (χ0) is 12.3. The van der Waals surface area contributed by atoms with Crippen molar-refractivity contribution < 1.29 is 4.74 Å². The third-order valence-electron chi connectivity index (χ3n) is 3.34. The second kappa shape index (κ2) is 5.08. The zero-order valence-corrected chi connectivity index (χ0v) is 11.1. The summed E-state index contributed by atoms with van der Waals surface area (Å²) in [5, 5.41) is 3.47. The number of ether oxygens (including phenoxy) is 1. The van der Waals surface area contributed by atoms with Crippen LogP contribution in [-0.4, -0.2) is 28.8 Å². The molecule has 0 bridgehead atoms. The summed E-state index contributed by atoms with van der Waals surface area (Å²) in [4.78, 5) is 4.42. The van der Waals surface area contributed by atoms with E-state index in [1.165, 1.54) is 25.7 Å². The van der Waals surface area contributed by atoms with E-state index in [2.05, 4.69) is 34.9 Å². The normalized spacial score (nSPS) is 17.6. The average molecular weight is 237 g/mol. The van der Waals surface area contributed by atoms with Gasteiger partial charge in [0.25, 0.3) is 0 Å². The Balaban J connectivity index is 2.08. The monoisotopic (exact) mass is 237 g/mol. The molecule has 0 spiro atoms. The molecule has 1 N–H and O–H groups in total. The van der Waals surface area contributed by atoms with Crippen LogP contribution in [-0.2, 0) is 4.74 Å². The first-order chi connectivity index (χ1) is 8.12. The first kappa shape index (κ1) is 12.4. The Bertz CT molecular complexity index is 353. The fourth-order valence-electron chi connectivity index (χ4n) is 2.59. The molecule has 1 saturated carbocycles. The van der Waals surface area contributed by atoms with Crippen LogP contribution in [0.5, 0.6) is 0 Å². The quantitative estimate of drug-likeness (QED) is 0.856. The molecule has 0 atom stereocenters. The van der Waals surface area contributed by atoms with Crippen LogP contribution in [0.2, 0.25) is 0 Å². The van der Waals surface area contributed by atoms with Gasteiger partial charge >= 0.3 is 0 Å². The summed E-state index contributed by atoms with van der Waals surface area (Å²) in [6.07, 6.45) is 9.18. The SMILES string of the molecule is COCC(C)(C)Nc1nccn1C1CCCC1. The maximum Gasteiger partial charge on any atom is 0.203 e. The molecule has 0 amide bonds. The highest BCUT2D eigenvalue weighted by molar-refractivity contribution is 5.31. The van der Waals surface area contributed by atoms with Crippen LogP contribution in [0.25, 0.3) is 0 Å². The molecular formula is C13H23N3O. The van der Waals surface area contributed by atoms with E-state index in [1.807, 2.05) is 6.20 Å². The molecule has 0 aliphatic heterocycles. The minimum atomic E-state index is -0.0868. The largest absolute Gasteiger partial charge is 0.382 e. The molecule has 0 aromatic carbocycles. The minimum Gasteiger partial charge on any atom is -0.382 e. The lowest BCUT2D eigenvalue weighted by atomic mass is 10.1. The number of rotatable bonds is 5. The van der Waals surface area contributed by atoms with E-state index in [-0.39, 0.29) is 5.54 Å².